The lowest BCUT2D eigenvalue weighted by Gasteiger charge is -2.29. The number of nitrogens with zero attached hydrogens (tertiary/aromatic N) is 1. The van der Waals surface area contributed by atoms with Crippen molar-refractivity contribution < 1.29 is 13.2 Å². The molecule has 0 bridgehead atoms. The maximum atomic E-state index is 12.3. The second-order valence-corrected chi connectivity index (χ2v) is 8.64. The molecular formula is C20H24N2O3S. The van der Waals surface area contributed by atoms with Crippen molar-refractivity contribution in [2.24, 2.45) is 0 Å². The average molecular weight is 372 g/mol. The van der Waals surface area contributed by atoms with Gasteiger partial charge >= 0.3 is 0 Å². The Morgan fingerprint density at radius 3 is 2.42 bits per heavy atom. The molecular weight excluding hydrogens is 348 g/mol. The monoisotopic (exact) mass is 372 g/mol. The fourth-order valence-corrected chi connectivity index (χ4v) is 4.39. The summed E-state index contributed by atoms with van der Waals surface area (Å²) < 4.78 is 24.5. The van der Waals surface area contributed by atoms with E-state index in [9.17, 15) is 13.2 Å². The molecule has 1 heterocycles. The summed E-state index contributed by atoms with van der Waals surface area (Å²) in [6.07, 6.45) is 3.58. The molecule has 2 aromatic rings. The molecule has 0 radical (unpaired) electrons. The Labute approximate surface area is 154 Å². The van der Waals surface area contributed by atoms with E-state index in [-0.39, 0.29) is 23.0 Å². The molecule has 3 rings (SSSR count). The zero-order chi connectivity index (χ0) is 18.4. The summed E-state index contributed by atoms with van der Waals surface area (Å²) in [6.45, 7) is 2.07. The first kappa shape index (κ1) is 18.5. The molecule has 5 nitrogen and oxygen atoms in total. The van der Waals surface area contributed by atoms with E-state index in [1.54, 1.807) is 30.3 Å². The second kappa shape index (κ2) is 8.36. The van der Waals surface area contributed by atoms with Crippen LogP contribution in [0, 0.1) is 0 Å². The van der Waals surface area contributed by atoms with Gasteiger partial charge in [0.1, 0.15) is 0 Å². The lowest BCUT2D eigenvalue weighted by Crippen LogP contribution is -2.29. The van der Waals surface area contributed by atoms with Crippen LogP contribution in [0.5, 0.6) is 0 Å². The first-order valence-corrected chi connectivity index (χ1v) is 10.6. The van der Waals surface area contributed by atoms with Crippen molar-refractivity contribution in [2.75, 3.05) is 29.1 Å². The average Bonchev–Trinajstić information content (AvgIpc) is 2.68. The minimum Gasteiger partial charge on any atom is -0.371 e. The smallest absolute Gasteiger partial charge is 0.225 e. The molecule has 1 fully saturated rings. The molecule has 26 heavy (non-hydrogen) atoms. The second-order valence-electron chi connectivity index (χ2n) is 6.53. The van der Waals surface area contributed by atoms with Crippen LogP contribution in [0.15, 0.2) is 59.5 Å². The van der Waals surface area contributed by atoms with Gasteiger partial charge in [-0.15, -0.1) is 0 Å². The van der Waals surface area contributed by atoms with Gasteiger partial charge in [-0.25, -0.2) is 8.42 Å². The summed E-state index contributed by atoms with van der Waals surface area (Å²) in [7, 11) is -3.44. The summed E-state index contributed by atoms with van der Waals surface area (Å²) in [5.41, 5.74) is 1.80. The van der Waals surface area contributed by atoms with Gasteiger partial charge in [0.25, 0.3) is 0 Å². The highest BCUT2D eigenvalue weighted by Crippen LogP contribution is 2.23. The Morgan fingerprint density at radius 1 is 0.962 bits per heavy atom. The third kappa shape index (κ3) is 4.85. The number of anilines is 2. The molecule has 1 saturated heterocycles. The number of piperidine rings is 1. The highest BCUT2D eigenvalue weighted by Gasteiger charge is 2.16. The number of carbonyl (C=O) groups excluding carboxylic acids is 1. The number of benzene rings is 2. The van der Waals surface area contributed by atoms with E-state index in [4.69, 9.17) is 0 Å². The molecule has 1 amide bonds. The molecule has 1 aliphatic heterocycles. The van der Waals surface area contributed by atoms with Crippen molar-refractivity contribution in [1.82, 2.24) is 0 Å². The number of amides is 1. The van der Waals surface area contributed by atoms with Crippen LogP contribution in [0.1, 0.15) is 25.7 Å². The standard InChI is InChI=1S/C20H24N2O3S/c23-20(12-15-26(24,25)19-10-3-1-4-11-19)21-17-8-7-9-18(16-17)22-13-5-2-6-14-22/h1,3-4,7-11,16H,2,5-6,12-15H2,(H,21,23). The molecule has 1 aliphatic rings. The van der Waals surface area contributed by atoms with Gasteiger partial charge in [-0.1, -0.05) is 24.3 Å². The van der Waals surface area contributed by atoms with Gasteiger partial charge in [-0.3, -0.25) is 4.79 Å². The molecule has 0 aromatic heterocycles. The minimum absolute atomic E-state index is 0.0643. The van der Waals surface area contributed by atoms with E-state index >= 15 is 0 Å². The fourth-order valence-electron chi connectivity index (χ4n) is 3.13. The largest absolute Gasteiger partial charge is 0.371 e. The van der Waals surface area contributed by atoms with Crippen LogP contribution < -0.4 is 10.2 Å². The Kier molecular flexibility index (Phi) is 5.93. The predicted octanol–water partition coefficient (Wildman–Crippen LogP) is 3.48. The molecule has 0 atom stereocenters. The highest BCUT2D eigenvalue weighted by molar-refractivity contribution is 7.91. The maximum Gasteiger partial charge on any atom is 0.225 e. The summed E-state index contributed by atoms with van der Waals surface area (Å²) in [5, 5.41) is 2.82. The van der Waals surface area contributed by atoms with Gasteiger partial charge in [-0.2, -0.15) is 0 Å². The fraction of sp³-hybridized carbons (Fsp3) is 0.350. The summed E-state index contributed by atoms with van der Waals surface area (Å²) in [4.78, 5) is 14.8. The number of nitrogens with one attached hydrogen (secondary N) is 1. The first-order valence-electron chi connectivity index (χ1n) is 8.97. The van der Waals surface area contributed by atoms with E-state index in [2.05, 4.69) is 10.2 Å². The highest BCUT2D eigenvalue weighted by atomic mass is 32.2. The van der Waals surface area contributed by atoms with Crippen LogP contribution in [-0.4, -0.2) is 33.2 Å². The first-order chi connectivity index (χ1) is 12.5. The summed E-state index contributed by atoms with van der Waals surface area (Å²) >= 11 is 0. The molecule has 0 saturated carbocycles. The Bertz CT molecular complexity index is 844. The van der Waals surface area contributed by atoms with Gasteiger partial charge < -0.3 is 10.2 Å². The van der Waals surface area contributed by atoms with Crippen molar-refractivity contribution in [1.29, 1.82) is 0 Å². The van der Waals surface area contributed by atoms with Gasteiger partial charge in [0.2, 0.25) is 5.91 Å². The van der Waals surface area contributed by atoms with E-state index < -0.39 is 9.84 Å². The Hall–Kier alpha value is -2.34. The van der Waals surface area contributed by atoms with Gasteiger partial charge in [-0.05, 0) is 49.6 Å². The summed E-state index contributed by atoms with van der Waals surface area (Å²) in [5.74, 6) is -0.491. The number of carbonyl (C=O) groups is 1. The third-order valence-electron chi connectivity index (χ3n) is 4.55. The van der Waals surface area contributed by atoms with Gasteiger partial charge in [0, 0.05) is 30.9 Å². The zero-order valence-electron chi connectivity index (χ0n) is 14.7. The molecule has 138 valence electrons. The van der Waals surface area contributed by atoms with Crippen molar-refractivity contribution in [2.45, 2.75) is 30.6 Å². The maximum absolute atomic E-state index is 12.3. The lowest BCUT2D eigenvalue weighted by atomic mass is 10.1. The van der Waals surface area contributed by atoms with Crippen LogP contribution in [0.3, 0.4) is 0 Å². The van der Waals surface area contributed by atoms with Crippen molar-refractivity contribution >= 4 is 27.1 Å². The van der Waals surface area contributed by atoms with E-state index in [0.29, 0.717) is 5.69 Å². The topological polar surface area (TPSA) is 66.5 Å². The third-order valence-corrected chi connectivity index (χ3v) is 6.28. The Balaban J connectivity index is 1.58. The van der Waals surface area contributed by atoms with Gasteiger partial charge in [0.15, 0.2) is 9.84 Å². The van der Waals surface area contributed by atoms with Gasteiger partial charge in [0.05, 0.1) is 10.6 Å². The van der Waals surface area contributed by atoms with E-state index in [1.165, 1.54) is 19.3 Å². The molecule has 0 spiro atoms. The van der Waals surface area contributed by atoms with Crippen LogP contribution in [0.25, 0.3) is 0 Å². The van der Waals surface area contributed by atoms with E-state index in [1.807, 2.05) is 24.3 Å². The number of sulfone groups is 1. The Morgan fingerprint density at radius 2 is 1.69 bits per heavy atom. The lowest BCUT2D eigenvalue weighted by molar-refractivity contribution is -0.115. The number of hydrogen-bond acceptors (Lipinski definition) is 4. The quantitative estimate of drug-likeness (QED) is 0.843. The SMILES string of the molecule is O=C(CCS(=O)(=O)c1ccccc1)Nc1cccc(N2CCCCC2)c1. The number of hydrogen-bond donors (Lipinski definition) is 1. The van der Waals surface area contributed by atoms with Crippen LogP contribution in [0.2, 0.25) is 0 Å². The summed E-state index contributed by atoms with van der Waals surface area (Å²) in [6, 6.07) is 16.0. The molecule has 0 aliphatic carbocycles. The molecule has 1 N–H and O–H groups in total. The number of rotatable bonds is 6. The van der Waals surface area contributed by atoms with Crippen LogP contribution in [-0.2, 0) is 14.6 Å². The van der Waals surface area contributed by atoms with Crippen molar-refractivity contribution in [3.63, 3.8) is 0 Å². The normalized spacial score (nSPS) is 14.8. The van der Waals surface area contributed by atoms with E-state index in [0.717, 1.165) is 18.8 Å². The zero-order valence-corrected chi connectivity index (χ0v) is 15.5. The predicted molar refractivity (Wildman–Crippen MR) is 104 cm³/mol. The van der Waals surface area contributed by atoms with Crippen LogP contribution >= 0.6 is 0 Å². The molecule has 2 aromatic carbocycles. The molecule has 0 unspecified atom stereocenters. The molecule has 6 heteroatoms. The van der Waals surface area contributed by atoms with Crippen molar-refractivity contribution in [3.8, 4) is 0 Å². The van der Waals surface area contributed by atoms with Crippen LogP contribution in [0.4, 0.5) is 11.4 Å². The van der Waals surface area contributed by atoms with Crippen molar-refractivity contribution in [3.05, 3.63) is 54.6 Å². The minimum atomic E-state index is -3.44.